The molecule has 25 heavy (non-hydrogen) atoms. The molecule has 2 aliphatic carbocycles. The van der Waals surface area contributed by atoms with E-state index < -0.39 is 0 Å². The molecule has 1 heteroatoms. The van der Waals surface area contributed by atoms with Gasteiger partial charge in [-0.2, -0.15) is 0 Å². The van der Waals surface area contributed by atoms with Crippen molar-refractivity contribution in [3.05, 3.63) is 12.7 Å². The van der Waals surface area contributed by atoms with Crippen molar-refractivity contribution < 1.29 is 4.74 Å². The van der Waals surface area contributed by atoms with Gasteiger partial charge in [-0.15, -0.1) is 6.58 Å². The van der Waals surface area contributed by atoms with Gasteiger partial charge in [0.25, 0.3) is 0 Å². The van der Waals surface area contributed by atoms with Gasteiger partial charge in [-0.1, -0.05) is 38.7 Å². The molecule has 3 aliphatic rings. The lowest BCUT2D eigenvalue weighted by atomic mass is 9.72. The summed E-state index contributed by atoms with van der Waals surface area (Å²) in [6.07, 6.45) is 22.6. The highest BCUT2D eigenvalue weighted by Gasteiger charge is 2.31. The number of allylic oxidation sites excluding steroid dienone is 1. The first-order valence-electron chi connectivity index (χ1n) is 11.5. The second-order valence-corrected chi connectivity index (χ2v) is 9.46. The molecule has 1 saturated heterocycles. The fourth-order valence-electron chi connectivity index (χ4n) is 5.92. The highest BCUT2D eigenvalue weighted by atomic mass is 16.5. The Bertz CT molecular complexity index is 366. The lowest BCUT2D eigenvalue weighted by Gasteiger charge is -2.38. The molecule has 3 fully saturated rings. The van der Waals surface area contributed by atoms with Crippen molar-refractivity contribution in [3.63, 3.8) is 0 Å². The van der Waals surface area contributed by atoms with Gasteiger partial charge >= 0.3 is 0 Å². The molecule has 0 radical (unpaired) electrons. The third-order valence-corrected chi connectivity index (χ3v) is 7.78. The molecule has 0 aromatic heterocycles. The molecule has 0 aromatic rings. The molecule has 1 heterocycles. The first-order valence-corrected chi connectivity index (χ1v) is 11.5. The Kier molecular flexibility index (Phi) is 7.90. The van der Waals surface area contributed by atoms with Crippen LogP contribution in [0.15, 0.2) is 12.7 Å². The van der Waals surface area contributed by atoms with Crippen molar-refractivity contribution in [2.24, 2.45) is 29.6 Å². The van der Waals surface area contributed by atoms with Crippen LogP contribution in [0.1, 0.15) is 96.8 Å². The van der Waals surface area contributed by atoms with Crippen molar-refractivity contribution in [2.75, 3.05) is 6.61 Å². The van der Waals surface area contributed by atoms with E-state index in [9.17, 15) is 0 Å². The van der Waals surface area contributed by atoms with Crippen molar-refractivity contribution >= 4 is 0 Å². The quantitative estimate of drug-likeness (QED) is 0.444. The molecule has 1 aliphatic heterocycles. The van der Waals surface area contributed by atoms with E-state index in [1.807, 2.05) is 0 Å². The summed E-state index contributed by atoms with van der Waals surface area (Å²) in [5, 5.41) is 0. The second kappa shape index (κ2) is 10.1. The van der Waals surface area contributed by atoms with Crippen molar-refractivity contribution in [3.8, 4) is 0 Å². The van der Waals surface area contributed by atoms with Crippen LogP contribution >= 0.6 is 0 Å². The molecule has 0 aromatic carbocycles. The maximum atomic E-state index is 6.34. The summed E-state index contributed by atoms with van der Waals surface area (Å²) >= 11 is 0. The van der Waals surface area contributed by atoms with Gasteiger partial charge in [0.15, 0.2) is 0 Å². The number of ether oxygens (including phenoxy) is 1. The Hall–Kier alpha value is -0.300. The molecule has 0 amide bonds. The summed E-state index contributed by atoms with van der Waals surface area (Å²) in [4.78, 5) is 0. The monoisotopic (exact) mass is 346 g/mol. The summed E-state index contributed by atoms with van der Waals surface area (Å²) in [5.74, 6) is 4.65. The maximum Gasteiger partial charge on any atom is 0.0575 e. The number of rotatable bonds is 7. The average molecular weight is 347 g/mol. The van der Waals surface area contributed by atoms with E-state index >= 15 is 0 Å². The Morgan fingerprint density at radius 3 is 2.00 bits per heavy atom. The maximum absolute atomic E-state index is 6.34. The summed E-state index contributed by atoms with van der Waals surface area (Å²) in [6, 6.07) is 0. The normalized spacial score (nSPS) is 39.9. The van der Waals surface area contributed by atoms with E-state index in [4.69, 9.17) is 4.74 Å². The summed E-state index contributed by atoms with van der Waals surface area (Å²) in [5.41, 5.74) is 0. The second-order valence-electron chi connectivity index (χ2n) is 9.46. The smallest absolute Gasteiger partial charge is 0.0575 e. The molecule has 144 valence electrons. The van der Waals surface area contributed by atoms with Gasteiger partial charge in [-0.05, 0) is 93.8 Å². The van der Waals surface area contributed by atoms with Gasteiger partial charge in [0.1, 0.15) is 0 Å². The van der Waals surface area contributed by atoms with Crippen LogP contribution in [0.3, 0.4) is 0 Å². The zero-order chi connectivity index (χ0) is 17.5. The minimum Gasteiger partial charge on any atom is -0.378 e. The Balaban J connectivity index is 1.29. The van der Waals surface area contributed by atoms with Gasteiger partial charge in [-0.3, -0.25) is 0 Å². The van der Waals surface area contributed by atoms with Crippen molar-refractivity contribution in [1.82, 2.24) is 0 Å². The standard InChI is InChI=1S/C24H42O/c1-3-5-20-10-13-22(14-11-20)23-15-17-24(25-18-23)16-12-21-8-6-19(4-2)7-9-21/h4,19-24H,2-3,5-18H2,1H3. The largest absolute Gasteiger partial charge is 0.378 e. The predicted molar refractivity (Wildman–Crippen MR) is 108 cm³/mol. The Morgan fingerprint density at radius 2 is 1.40 bits per heavy atom. The Labute approximate surface area is 157 Å². The molecule has 0 bridgehead atoms. The van der Waals surface area contributed by atoms with Gasteiger partial charge in [-0.25, -0.2) is 0 Å². The lowest BCUT2D eigenvalue weighted by molar-refractivity contribution is -0.0447. The minimum absolute atomic E-state index is 0.574. The third kappa shape index (κ3) is 5.84. The third-order valence-electron chi connectivity index (χ3n) is 7.78. The molecule has 2 atom stereocenters. The molecular formula is C24H42O. The first kappa shape index (κ1) is 19.5. The molecule has 0 spiro atoms. The summed E-state index contributed by atoms with van der Waals surface area (Å²) < 4.78 is 6.34. The highest BCUT2D eigenvalue weighted by molar-refractivity contribution is 4.85. The van der Waals surface area contributed by atoms with Crippen molar-refractivity contribution in [2.45, 2.75) is 103 Å². The predicted octanol–water partition coefficient (Wildman–Crippen LogP) is 7.16. The summed E-state index contributed by atoms with van der Waals surface area (Å²) in [6.45, 7) is 7.37. The van der Waals surface area contributed by atoms with Crippen LogP contribution in [-0.2, 0) is 4.74 Å². The highest BCUT2D eigenvalue weighted by Crippen LogP contribution is 2.40. The van der Waals surface area contributed by atoms with Crippen LogP contribution in [0.2, 0.25) is 0 Å². The molecule has 1 nitrogen and oxygen atoms in total. The molecular weight excluding hydrogens is 304 g/mol. The number of hydrogen-bond acceptors (Lipinski definition) is 1. The van der Waals surface area contributed by atoms with Gasteiger partial charge in [0.2, 0.25) is 0 Å². The Morgan fingerprint density at radius 1 is 0.760 bits per heavy atom. The SMILES string of the molecule is C=CC1CCC(CCC2CCC(C3CCC(CCC)CC3)CO2)CC1. The molecule has 3 rings (SSSR count). The van der Waals surface area contributed by atoms with Crippen LogP contribution < -0.4 is 0 Å². The lowest BCUT2D eigenvalue weighted by Crippen LogP contribution is -2.32. The van der Waals surface area contributed by atoms with E-state index in [2.05, 4.69) is 19.6 Å². The zero-order valence-corrected chi connectivity index (χ0v) is 16.8. The van der Waals surface area contributed by atoms with Crippen LogP contribution in [0.25, 0.3) is 0 Å². The fraction of sp³-hybridized carbons (Fsp3) is 0.917. The fourth-order valence-corrected chi connectivity index (χ4v) is 5.92. The molecule has 2 saturated carbocycles. The van der Waals surface area contributed by atoms with Crippen LogP contribution in [0.5, 0.6) is 0 Å². The molecule has 0 N–H and O–H groups in total. The van der Waals surface area contributed by atoms with Crippen LogP contribution in [-0.4, -0.2) is 12.7 Å². The van der Waals surface area contributed by atoms with Gasteiger partial charge in [0, 0.05) is 0 Å². The minimum atomic E-state index is 0.574. The van der Waals surface area contributed by atoms with E-state index in [1.54, 1.807) is 0 Å². The average Bonchev–Trinajstić information content (AvgIpc) is 2.68. The molecule has 2 unspecified atom stereocenters. The van der Waals surface area contributed by atoms with Crippen molar-refractivity contribution in [1.29, 1.82) is 0 Å². The van der Waals surface area contributed by atoms with E-state index in [-0.39, 0.29) is 0 Å². The summed E-state index contributed by atoms with van der Waals surface area (Å²) in [7, 11) is 0. The van der Waals surface area contributed by atoms with Crippen LogP contribution in [0.4, 0.5) is 0 Å². The van der Waals surface area contributed by atoms with E-state index in [1.165, 1.54) is 89.9 Å². The van der Waals surface area contributed by atoms with Gasteiger partial charge < -0.3 is 4.74 Å². The van der Waals surface area contributed by atoms with Crippen LogP contribution in [0, 0.1) is 29.6 Å². The zero-order valence-electron chi connectivity index (χ0n) is 16.8. The van der Waals surface area contributed by atoms with Gasteiger partial charge in [0.05, 0.1) is 12.7 Å². The topological polar surface area (TPSA) is 9.23 Å². The first-order chi connectivity index (χ1) is 12.3. The number of hydrogen-bond donors (Lipinski definition) is 0. The van der Waals surface area contributed by atoms with E-state index in [0.29, 0.717) is 6.10 Å². The van der Waals surface area contributed by atoms with E-state index in [0.717, 1.165) is 36.2 Å².